The molecule has 2 aliphatic heterocycles. The van der Waals surface area contributed by atoms with Gasteiger partial charge in [0.15, 0.2) is 0 Å². The van der Waals surface area contributed by atoms with E-state index in [-0.39, 0.29) is 16.8 Å². The van der Waals surface area contributed by atoms with E-state index in [1.807, 2.05) is 18.2 Å². The van der Waals surface area contributed by atoms with Gasteiger partial charge in [-0.05, 0) is 68.6 Å². The van der Waals surface area contributed by atoms with Crippen molar-refractivity contribution in [3.8, 4) is 0 Å². The van der Waals surface area contributed by atoms with E-state index in [4.69, 9.17) is 0 Å². The molecule has 2 saturated heterocycles. The molecule has 172 valence electrons. The Kier molecular flexibility index (Phi) is 7.60. The molecule has 1 N–H and O–H groups in total. The molecule has 2 fully saturated rings. The average Bonchev–Trinajstić information content (AvgIpc) is 3.20. The Balaban J connectivity index is 1.42. The average molecular weight is 456 g/mol. The van der Waals surface area contributed by atoms with Crippen molar-refractivity contribution in [3.63, 3.8) is 0 Å². The molecule has 0 aromatic heterocycles. The molecule has 0 saturated carbocycles. The van der Waals surface area contributed by atoms with Crippen molar-refractivity contribution in [2.45, 2.75) is 49.5 Å². The number of carbonyl (C=O) groups is 1. The molecule has 1 atom stereocenters. The van der Waals surface area contributed by atoms with Gasteiger partial charge in [-0.3, -0.25) is 9.69 Å². The van der Waals surface area contributed by atoms with Crippen LogP contribution in [-0.4, -0.2) is 56.3 Å². The molecule has 0 radical (unpaired) electrons. The SMILES string of the molecule is O=C(NCC(c1ccccc1)N1CCCC1)c1ccc(S(=O)(=O)N2CCCCCC2)cc1. The number of hydrogen-bond acceptors (Lipinski definition) is 4. The normalized spacial score (nSPS) is 19.4. The number of hydrogen-bond donors (Lipinski definition) is 1. The summed E-state index contributed by atoms with van der Waals surface area (Å²) in [7, 11) is -3.51. The third kappa shape index (κ3) is 5.39. The number of amides is 1. The standard InChI is InChI=1S/C25H33N3O3S/c29-25(26-20-24(27-16-8-9-17-27)21-10-4-3-5-11-21)22-12-14-23(15-13-22)32(30,31)28-18-6-1-2-7-19-28/h3-5,10-15,24H,1-2,6-9,16-20H2,(H,26,29). The third-order valence-electron chi connectivity index (χ3n) is 6.54. The van der Waals surface area contributed by atoms with E-state index in [1.54, 1.807) is 28.6 Å². The second-order valence-corrected chi connectivity index (χ2v) is 10.7. The summed E-state index contributed by atoms with van der Waals surface area (Å²) in [6.07, 6.45) is 6.33. The van der Waals surface area contributed by atoms with Crippen molar-refractivity contribution in [1.82, 2.24) is 14.5 Å². The van der Waals surface area contributed by atoms with Crippen molar-refractivity contribution in [1.29, 1.82) is 0 Å². The predicted molar refractivity (Wildman–Crippen MR) is 126 cm³/mol. The summed E-state index contributed by atoms with van der Waals surface area (Å²) in [4.78, 5) is 15.5. The zero-order valence-electron chi connectivity index (χ0n) is 18.6. The molecule has 7 heteroatoms. The number of benzene rings is 2. The molecule has 0 aliphatic carbocycles. The molecule has 0 bridgehead atoms. The summed E-state index contributed by atoms with van der Waals surface area (Å²) in [5.41, 5.74) is 1.68. The lowest BCUT2D eigenvalue weighted by molar-refractivity contribution is 0.0938. The van der Waals surface area contributed by atoms with Crippen LogP contribution < -0.4 is 5.32 Å². The lowest BCUT2D eigenvalue weighted by Gasteiger charge is -2.28. The lowest BCUT2D eigenvalue weighted by atomic mass is 10.1. The highest BCUT2D eigenvalue weighted by molar-refractivity contribution is 7.89. The molecule has 4 rings (SSSR count). The highest BCUT2D eigenvalue weighted by Crippen LogP contribution is 2.25. The number of carbonyl (C=O) groups excluding carboxylic acids is 1. The fourth-order valence-corrected chi connectivity index (χ4v) is 6.20. The van der Waals surface area contributed by atoms with E-state index >= 15 is 0 Å². The summed E-state index contributed by atoms with van der Waals surface area (Å²) in [5.74, 6) is -0.177. The third-order valence-corrected chi connectivity index (χ3v) is 8.45. The zero-order chi connectivity index (χ0) is 22.4. The highest BCUT2D eigenvalue weighted by atomic mass is 32.2. The van der Waals surface area contributed by atoms with Crippen LogP contribution >= 0.6 is 0 Å². The summed E-state index contributed by atoms with van der Waals surface area (Å²) in [6, 6.07) is 16.8. The molecule has 2 heterocycles. The summed E-state index contributed by atoms with van der Waals surface area (Å²) < 4.78 is 27.5. The minimum Gasteiger partial charge on any atom is -0.350 e. The predicted octanol–water partition coefficient (Wildman–Crippen LogP) is 3.82. The van der Waals surface area contributed by atoms with Gasteiger partial charge in [-0.1, -0.05) is 43.2 Å². The van der Waals surface area contributed by atoms with Crippen LogP contribution in [0.3, 0.4) is 0 Å². The molecule has 1 unspecified atom stereocenters. The second kappa shape index (κ2) is 10.6. The Hall–Kier alpha value is -2.22. The molecule has 6 nitrogen and oxygen atoms in total. The maximum atomic E-state index is 13.0. The Morgan fingerprint density at radius 3 is 2.03 bits per heavy atom. The molecule has 1 amide bonds. The molecule has 2 aliphatic rings. The van der Waals surface area contributed by atoms with Gasteiger partial charge < -0.3 is 5.32 Å². The van der Waals surface area contributed by atoms with Gasteiger partial charge in [0, 0.05) is 25.2 Å². The summed E-state index contributed by atoms with van der Waals surface area (Å²) >= 11 is 0. The minimum absolute atomic E-state index is 0.144. The van der Waals surface area contributed by atoms with Gasteiger partial charge in [0.25, 0.3) is 5.91 Å². The highest BCUT2D eigenvalue weighted by Gasteiger charge is 2.26. The maximum absolute atomic E-state index is 13.0. The van der Waals surface area contributed by atoms with Gasteiger partial charge in [0.2, 0.25) is 10.0 Å². The van der Waals surface area contributed by atoms with Gasteiger partial charge in [-0.2, -0.15) is 4.31 Å². The Morgan fingerprint density at radius 2 is 1.41 bits per heavy atom. The van der Waals surface area contributed by atoms with Crippen LogP contribution in [0.5, 0.6) is 0 Å². The number of rotatable bonds is 7. The van der Waals surface area contributed by atoms with Gasteiger partial charge >= 0.3 is 0 Å². The van der Waals surface area contributed by atoms with E-state index in [2.05, 4.69) is 22.3 Å². The molecular weight excluding hydrogens is 422 g/mol. The van der Waals surface area contributed by atoms with Crippen LogP contribution in [0.25, 0.3) is 0 Å². The van der Waals surface area contributed by atoms with Crippen LogP contribution in [0.15, 0.2) is 59.5 Å². The largest absolute Gasteiger partial charge is 0.350 e. The first-order valence-corrected chi connectivity index (χ1v) is 13.2. The van der Waals surface area contributed by atoms with E-state index in [1.165, 1.54) is 18.4 Å². The molecule has 32 heavy (non-hydrogen) atoms. The summed E-state index contributed by atoms with van der Waals surface area (Å²) in [6.45, 7) is 3.75. The molecule has 0 spiro atoms. The van der Waals surface area contributed by atoms with Gasteiger partial charge in [-0.25, -0.2) is 8.42 Å². The second-order valence-electron chi connectivity index (χ2n) is 8.72. The molecule has 2 aromatic rings. The smallest absolute Gasteiger partial charge is 0.251 e. The zero-order valence-corrected chi connectivity index (χ0v) is 19.4. The van der Waals surface area contributed by atoms with Crippen LogP contribution in [0.1, 0.15) is 60.5 Å². The first-order chi connectivity index (χ1) is 15.6. The molecular formula is C25H33N3O3S. The van der Waals surface area contributed by atoms with Gasteiger partial charge in [0.1, 0.15) is 0 Å². The van der Waals surface area contributed by atoms with Crippen molar-refractivity contribution < 1.29 is 13.2 Å². The number of nitrogens with one attached hydrogen (secondary N) is 1. The van der Waals surface area contributed by atoms with Crippen molar-refractivity contribution >= 4 is 15.9 Å². The maximum Gasteiger partial charge on any atom is 0.251 e. The van der Waals surface area contributed by atoms with Gasteiger partial charge in [-0.15, -0.1) is 0 Å². The summed E-state index contributed by atoms with van der Waals surface area (Å²) in [5, 5.41) is 3.06. The van der Waals surface area contributed by atoms with Gasteiger partial charge in [0.05, 0.1) is 10.9 Å². The van der Waals surface area contributed by atoms with Crippen LogP contribution in [-0.2, 0) is 10.0 Å². The van der Waals surface area contributed by atoms with Crippen LogP contribution in [0.4, 0.5) is 0 Å². The fourth-order valence-electron chi connectivity index (χ4n) is 4.69. The molecule has 2 aromatic carbocycles. The van der Waals surface area contributed by atoms with Crippen molar-refractivity contribution in [3.05, 3.63) is 65.7 Å². The number of sulfonamides is 1. The fraction of sp³-hybridized carbons (Fsp3) is 0.480. The van der Waals surface area contributed by atoms with E-state index in [9.17, 15) is 13.2 Å². The van der Waals surface area contributed by atoms with Crippen LogP contribution in [0, 0.1) is 0 Å². The monoisotopic (exact) mass is 455 g/mol. The van der Waals surface area contributed by atoms with Crippen molar-refractivity contribution in [2.24, 2.45) is 0 Å². The van der Waals surface area contributed by atoms with E-state index in [0.29, 0.717) is 25.2 Å². The number of nitrogens with zero attached hydrogens (tertiary/aromatic N) is 2. The Morgan fingerprint density at radius 1 is 0.812 bits per heavy atom. The first kappa shape index (κ1) is 23.0. The minimum atomic E-state index is -3.51. The quantitative estimate of drug-likeness (QED) is 0.689. The van der Waals surface area contributed by atoms with E-state index < -0.39 is 10.0 Å². The topological polar surface area (TPSA) is 69.7 Å². The van der Waals surface area contributed by atoms with Crippen molar-refractivity contribution in [2.75, 3.05) is 32.7 Å². The Labute approximate surface area is 191 Å². The van der Waals surface area contributed by atoms with Crippen LogP contribution in [0.2, 0.25) is 0 Å². The first-order valence-electron chi connectivity index (χ1n) is 11.7. The lowest BCUT2D eigenvalue weighted by Crippen LogP contribution is -2.36. The Bertz CT molecular complexity index is 979. The van der Waals surface area contributed by atoms with E-state index in [0.717, 1.165) is 38.8 Å². The number of likely N-dealkylation sites (tertiary alicyclic amines) is 1.